The van der Waals surface area contributed by atoms with Crippen LogP contribution >= 0.6 is 23.2 Å². The molecule has 2 rings (SSSR count). The molecule has 1 saturated heterocycles. The molecule has 0 radical (unpaired) electrons. The van der Waals surface area contributed by atoms with E-state index in [1.54, 1.807) is 24.4 Å². The third kappa shape index (κ3) is 4.89. The predicted molar refractivity (Wildman–Crippen MR) is 93.3 cm³/mol. The first-order chi connectivity index (χ1) is 10.9. The highest BCUT2D eigenvalue weighted by molar-refractivity contribution is 6.35. The molecule has 1 aliphatic heterocycles. The summed E-state index contributed by atoms with van der Waals surface area (Å²) in [4.78, 5) is 14.4. The van der Waals surface area contributed by atoms with Gasteiger partial charge in [-0.05, 0) is 36.5 Å². The van der Waals surface area contributed by atoms with Crippen molar-refractivity contribution in [3.8, 4) is 6.07 Å². The van der Waals surface area contributed by atoms with Gasteiger partial charge in [0.05, 0.1) is 10.7 Å². The number of nitrogens with zero attached hydrogens (tertiary/aromatic N) is 2. The number of hydrogen-bond acceptors (Lipinski definition) is 3. The van der Waals surface area contributed by atoms with Crippen LogP contribution in [0.2, 0.25) is 10.0 Å². The number of amides is 1. The smallest absolute Gasteiger partial charge is 0.267 e. The summed E-state index contributed by atoms with van der Waals surface area (Å²) in [6, 6.07) is 6.76. The summed E-state index contributed by atoms with van der Waals surface area (Å²) >= 11 is 11.9. The Balaban J connectivity index is 2.14. The normalized spacial score (nSPS) is 21.7. The molecule has 0 aromatic heterocycles. The SMILES string of the molecule is CC1CC(C)CN(/C=C(/C#N)C(=O)Nc2cc(Cl)ccc2Cl)C1. The number of nitrogens with one attached hydrogen (secondary N) is 1. The standard InChI is InChI=1S/C17H19Cl2N3O/c1-11-5-12(2)9-22(8-11)10-13(7-20)17(23)21-16-6-14(18)3-4-15(16)19/h3-4,6,10-12H,5,8-9H2,1-2H3,(H,21,23)/b13-10-. The maximum Gasteiger partial charge on any atom is 0.267 e. The molecule has 0 spiro atoms. The average Bonchev–Trinajstić information content (AvgIpc) is 2.47. The van der Waals surface area contributed by atoms with Gasteiger partial charge in [-0.15, -0.1) is 0 Å². The largest absolute Gasteiger partial charge is 0.376 e. The molecule has 1 aromatic rings. The molecule has 1 amide bonds. The number of rotatable bonds is 3. The number of carbonyl (C=O) groups is 1. The van der Waals surface area contributed by atoms with Gasteiger partial charge in [-0.2, -0.15) is 5.26 Å². The first kappa shape index (κ1) is 17.7. The van der Waals surface area contributed by atoms with Gasteiger partial charge < -0.3 is 10.2 Å². The Kier molecular flexibility index (Phi) is 5.92. The molecule has 1 N–H and O–H groups in total. The maximum absolute atomic E-state index is 12.3. The van der Waals surface area contributed by atoms with E-state index >= 15 is 0 Å². The fourth-order valence-electron chi connectivity index (χ4n) is 2.92. The third-order valence-corrected chi connectivity index (χ3v) is 4.32. The Labute approximate surface area is 146 Å². The molecule has 0 aliphatic carbocycles. The van der Waals surface area contributed by atoms with E-state index < -0.39 is 5.91 Å². The molecule has 0 bridgehead atoms. The molecule has 122 valence electrons. The van der Waals surface area contributed by atoms with E-state index in [0.29, 0.717) is 27.6 Å². The van der Waals surface area contributed by atoms with Crippen LogP contribution in [0.1, 0.15) is 20.3 Å². The van der Waals surface area contributed by atoms with E-state index in [4.69, 9.17) is 23.2 Å². The summed E-state index contributed by atoms with van der Waals surface area (Å²) in [5.41, 5.74) is 0.452. The molecule has 0 saturated carbocycles. The summed E-state index contributed by atoms with van der Waals surface area (Å²) in [6.07, 6.45) is 2.80. The zero-order valence-corrected chi connectivity index (χ0v) is 14.7. The number of hydrogen-bond donors (Lipinski definition) is 1. The summed E-state index contributed by atoms with van der Waals surface area (Å²) in [7, 11) is 0. The van der Waals surface area contributed by atoms with Gasteiger partial charge in [-0.25, -0.2) is 0 Å². The molecule has 1 heterocycles. The number of benzene rings is 1. The fraction of sp³-hybridized carbons (Fsp3) is 0.412. The quantitative estimate of drug-likeness (QED) is 0.651. The summed E-state index contributed by atoms with van der Waals surface area (Å²) in [6.45, 7) is 6.05. The Bertz CT molecular complexity index is 656. The van der Waals surface area contributed by atoms with Crippen LogP contribution in [0.4, 0.5) is 5.69 Å². The maximum atomic E-state index is 12.3. The molecule has 2 atom stereocenters. The van der Waals surface area contributed by atoms with Crippen molar-refractivity contribution >= 4 is 34.8 Å². The molecule has 1 fully saturated rings. The van der Waals surface area contributed by atoms with Gasteiger partial charge in [0, 0.05) is 24.3 Å². The Morgan fingerprint density at radius 1 is 1.35 bits per heavy atom. The Hall–Kier alpha value is -1.70. The van der Waals surface area contributed by atoms with Crippen LogP contribution in [-0.2, 0) is 4.79 Å². The van der Waals surface area contributed by atoms with Crippen molar-refractivity contribution < 1.29 is 4.79 Å². The Morgan fingerprint density at radius 3 is 2.61 bits per heavy atom. The van der Waals surface area contributed by atoms with Crippen LogP contribution in [0.15, 0.2) is 30.0 Å². The molecular formula is C17H19Cl2N3O. The van der Waals surface area contributed by atoms with E-state index in [0.717, 1.165) is 19.5 Å². The second kappa shape index (κ2) is 7.72. The molecular weight excluding hydrogens is 333 g/mol. The number of anilines is 1. The van der Waals surface area contributed by atoms with Crippen LogP contribution in [0.5, 0.6) is 0 Å². The lowest BCUT2D eigenvalue weighted by Crippen LogP contribution is -2.35. The summed E-state index contributed by atoms with van der Waals surface area (Å²) < 4.78 is 0. The minimum atomic E-state index is -0.484. The highest BCUT2D eigenvalue weighted by Gasteiger charge is 2.21. The highest BCUT2D eigenvalue weighted by Crippen LogP contribution is 2.26. The van der Waals surface area contributed by atoms with Crippen LogP contribution in [0.3, 0.4) is 0 Å². The second-order valence-corrected chi connectivity index (χ2v) is 6.98. The van der Waals surface area contributed by atoms with Gasteiger partial charge in [0.2, 0.25) is 0 Å². The molecule has 23 heavy (non-hydrogen) atoms. The van der Waals surface area contributed by atoms with Gasteiger partial charge in [0.15, 0.2) is 0 Å². The molecule has 1 aromatic carbocycles. The summed E-state index contributed by atoms with van der Waals surface area (Å²) in [5.74, 6) is 0.600. The predicted octanol–water partition coefficient (Wildman–Crippen LogP) is 4.32. The van der Waals surface area contributed by atoms with Gasteiger partial charge in [0.25, 0.3) is 5.91 Å². The zero-order chi connectivity index (χ0) is 17.0. The van der Waals surface area contributed by atoms with Crippen LogP contribution in [0, 0.1) is 23.2 Å². The van der Waals surface area contributed by atoms with Crippen molar-refractivity contribution in [1.82, 2.24) is 4.90 Å². The van der Waals surface area contributed by atoms with Crippen molar-refractivity contribution in [2.24, 2.45) is 11.8 Å². The first-order valence-corrected chi connectivity index (χ1v) is 8.27. The zero-order valence-electron chi connectivity index (χ0n) is 13.1. The van der Waals surface area contributed by atoms with Crippen molar-refractivity contribution in [2.75, 3.05) is 18.4 Å². The second-order valence-electron chi connectivity index (χ2n) is 6.13. The third-order valence-electron chi connectivity index (χ3n) is 3.75. The van der Waals surface area contributed by atoms with E-state index in [2.05, 4.69) is 19.2 Å². The van der Waals surface area contributed by atoms with E-state index in [9.17, 15) is 10.1 Å². The highest BCUT2D eigenvalue weighted by atomic mass is 35.5. The van der Waals surface area contributed by atoms with Crippen molar-refractivity contribution in [2.45, 2.75) is 20.3 Å². The number of likely N-dealkylation sites (tertiary alicyclic amines) is 1. The molecule has 1 aliphatic rings. The number of halogens is 2. The van der Waals surface area contributed by atoms with Gasteiger partial charge in [-0.1, -0.05) is 37.0 Å². The van der Waals surface area contributed by atoms with Crippen LogP contribution in [-0.4, -0.2) is 23.9 Å². The van der Waals surface area contributed by atoms with Gasteiger partial charge in [0.1, 0.15) is 11.6 Å². The van der Waals surface area contributed by atoms with Gasteiger partial charge >= 0.3 is 0 Å². The number of carbonyl (C=O) groups excluding carboxylic acids is 1. The lowest BCUT2D eigenvalue weighted by atomic mass is 9.92. The molecule has 4 nitrogen and oxygen atoms in total. The fourth-order valence-corrected chi connectivity index (χ4v) is 3.26. The molecule has 2 unspecified atom stereocenters. The van der Waals surface area contributed by atoms with Gasteiger partial charge in [-0.3, -0.25) is 4.79 Å². The molecule has 6 heteroatoms. The average molecular weight is 352 g/mol. The monoisotopic (exact) mass is 351 g/mol. The number of piperidine rings is 1. The van der Waals surface area contributed by atoms with Crippen molar-refractivity contribution in [3.63, 3.8) is 0 Å². The Morgan fingerprint density at radius 2 is 2.00 bits per heavy atom. The van der Waals surface area contributed by atoms with Crippen molar-refractivity contribution in [1.29, 1.82) is 5.26 Å². The minimum absolute atomic E-state index is 0.0577. The van der Waals surface area contributed by atoms with E-state index in [1.165, 1.54) is 0 Å². The van der Waals surface area contributed by atoms with E-state index in [1.807, 2.05) is 11.0 Å². The lowest BCUT2D eigenvalue weighted by Gasteiger charge is -2.34. The lowest BCUT2D eigenvalue weighted by molar-refractivity contribution is -0.112. The van der Waals surface area contributed by atoms with Crippen molar-refractivity contribution in [3.05, 3.63) is 40.0 Å². The van der Waals surface area contributed by atoms with E-state index in [-0.39, 0.29) is 5.57 Å². The number of nitriles is 1. The topological polar surface area (TPSA) is 56.1 Å². The van der Waals surface area contributed by atoms with Crippen LogP contribution < -0.4 is 5.32 Å². The summed E-state index contributed by atoms with van der Waals surface area (Å²) in [5, 5.41) is 12.8. The van der Waals surface area contributed by atoms with Crippen LogP contribution in [0.25, 0.3) is 0 Å². The first-order valence-electron chi connectivity index (χ1n) is 7.51. The minimum Gasteiger partial charge on any atom is -0.376 e.